The van der Waals surface area contributed by atoms with Crippen molar-refractivity contribution in [3.05, 3.63) is 47.0 Å². The predicted octanol–water partition coefficient (Wildman–Crippen LogP) is 1.91. The van der Waals surface area contributed by atoms with Gasteiger partial charge in [-0.3, -0.25) is 0 Å². The molecule has 14 nitrogen and oxygen atoms in total. The van der Waals surface area contributed by atoms with Crippen LogP contribution >= 0.6 is 0 Å². The number of H-pyrrole nitrogens is 2. The van der Waals surface area contributed by atoms with Gasteiger partial charge in [0.15, 0.2) is 23.0 Å². The Labute approximate surface area is 224 Å². The number of hydrogen-bond donors (Lipinski definition) is 3. The summed E-state index contributed by atoms with van der Waals surface area (Å²) < 4.78 is 22.8. The Hall–Kier alpha value is -4.88. The summed E-state index contributed by atoms with van der Waals surface area (Å²) in [5, 5.41) is 14.2. The minimum atomic E-state index is 0.186. The number of anilines is 4. The Bertz CT molecular complexity index is 1470. The van der Waals surface area contributed by atoms with Gasteiger partial charge in [0.25, 0.3) is 0 Å². The first-order chi connectivity index (χ1) is 19.0. The van der Waals surface area contributed by atoms with Gasteiger partial charge in [0, 0.05) is 51.9 Å². The van der Waals surface area contributed by atoms with E-state index in [4.69, 9.17) is 29.7 Å². The van der Waals surface area contributed by atoms with Gasteiger partial charge < -0.3 is 39.4 Å². The summed E-state index contributed by atoms with van der Waals surface area (Å²) in [4.78, 5) is 14.7. The van der Waals surface area contributed by atoms with Gasteiger partial charge in [-0.05, 0) is 18.1 Å². The van der Waals surface area contributed by atoms with Crippen molar-refractivity contribution in [3.8, 4) is 23.0 Å². The zero-order chi connectivity index (χ0) is 26.9. The molecule has 4 N–H and O–H groups in total. The maximum atomic E-state index is 5.86. The molecule has 6 rings (SSSR count). The molecule has 4 aromatic rings. The van der Waals surface area contributed by atoms with E-state index in [0.717, 1.165) is 46.1 Å². The number of nitrogens with zero attached hydrogens (tertiary/aromatic N) is 7. The molecule has 4 heterocycles. The third-order valence-electron chi connectivity index (χ3n) is 6.69. The van der Waals surface area contributed by atoms with Crippen LogP contribution in [0.2, 0.25) is 0 Å². The van der Waals surface area contributed by atoms with E-state index in [0.29, 0.717) is 37.5 Å². The quantitative estimate of drug-likeness (QED) is 0.272. The number of para-hydroxylation sites is 1. The molecule has 0 amide bonds. The molecule has 0 radical (unpaired) electrons. The molecule has 0 bridgehead atoms. The lowest BCUT2D eigenvalue weighted by Crippen LogP contribution is -2.22. The number of ether oxygens (including phenoxy) is 4. The van der Waals surface area contributed by atoms with Gasteiger partial charge in [-0.2, -0.15) is 9.97 Å². The normalized spacial score (nSPS) is 13.1. The van der Waals surface area contributed by atoms with Crippen LogP contribution in [-0.4, -0.2) is 71.6 Å². The summed E-state index contributed by atoms with van der Waals surface area (Å²) >= 11 is 0. The average molecular weight is 535 g/mol. The average Bonchev–Trinajstić information content (AvgIpc) is 3.74. The lowest BCUT2D eigenvalue weighted by Gasteiger charge is -2.19. The highest BCUT2D eigenvalue weighted by atomic mass is 16.7. The Kier molecular flexibility index (Phi) is 6.34. The number of hydrogen-bond acceptors (Lipinski definition) is 12. The molecule has 14 heteroatoms. The van der Waals surface area contributed by atoms with Crippen LogP contribution in [0.1, 0.15) is 16.7 Å². The lowest BCUT2D eigenvalue weighted by molar-refractivity contribution is 0.172. The van der Waals surface area contributed by atoms with Crippen molar-refractivity contribution in [1.29, 1.82) is 0 Å². The first-order valence-corrected chi connectivity index (χ1v) is 12.5. The summed E-state index contributed by atoms with van der Waals surface area (Å²) in [7, 11) is 5.81. The van der Waals surface area contributed by atoms with Gasteiger partial charge in [-0.15, -0.1) is 10.2 Å². The molecular weight excluding hydrogens is 504 g/mol. The molecule has 0 aliphatic carbocycles. The summed E-state index contributed by atoms with van der Waals surface area (Å²) in [6.07, 6.45) is 0.729. The lowest BCUT2D eigenvalue weighted by atomic mass is 10.1. The van der Waals surface area contributed by atoms with E-state index in [2.05, 4.69) is 37.5 Å². The third kappa shape index (κ3) is 4.87. The number of nitrogens with one attached hydrogen (secondary N) is 2. The standard InChI is InChI=1S/C25H30N10O4/c1-33(23-27-22(26)29-30-23)10-9-15-7-8-17(21-20(15)38-14-39-21)12-35(3)25-28-24(31-32-25)34(2)11-16-5-4-6-18-19(16)37-13-36-18/h4-8H,9-14H2,1-3H3,(H,28,31,32)(H3,26,27,29,30). The fraction of sp³-hybridized carbons (Fsp3) is 0.360. The van der Waals surface area contributed by atoms with Crippen molar-refractivity contribution in [2.24, 2.45) is 0 Å². The highest BCUT2D eigenvalue weighted by Gasteiger charge is 2.24. The molecule has 0 saturated carbocycles. The monoisotopic (exact) mass is 534 g/mol. The van der Waals surface area contributed by atoms with E-state index in [9.17, 15) is 0 Å². The van der Waals surface area contributed by atoms with E-state index >= 15 is 0 Å². The first-order valence-electron chi connectivity index (χ1n) is 12.5. The molecule has 2 aromatic heterocycles. The Morgan fingerprint density at radius 1 is 0.744 bits per heavy atom. The molecular formula is C25H30N10O4. The highest BCUT2D eigenvalue weighted by molar-refractivity contribution is 5.55. The van der Waals surface area contributed by atoms with Crippen LogP contribution in [0, 0.1) is 0 Å². The van der Waals surface area contributed by atoms with Gasteiger partial charge in [0.05, 0.1) is 0 Å². The van der Waals surface area contributed by atoms with Gasteiger partial charge >= 0.3 is 0 Å². The van der Waals surface area contributed by atoms with Gasteiger partial charge in [-0.25, -0.2) is 10.2 Å². The zero-order valence-corrected chi connectivity index (χ0v) is 22.0. The second kappa shape index (κ2) is 10.1. The van der Waals surface area contributed by atoms with Crippen LogP contribution in [0.3, 0.4) is 0 Å². The smallest absolute Gasteiger partial charge is 0.246 e. The zero-order valence-electron chi connectivity index (χ0n) is 22.0. The minimum absolute atomic E-state index is 0.186. The maximum absolute atomic E-state index is 5.86. The Balaban J connectivity index is 1.11. The summed E-state index contributed by atoms with van der Waals surface area (Å²) in [5.41, 5.74) is 8.70. The van der Waals surface area contributed by atoms with Crippen molar-refractivity contribution < 1.29 is 18.9 Å². The molecule has 204 valence electrons. The van der Waals surface area contributed by atoms with Gasteiger partial charge in [0.2, 0.25) is 37.4 Å². The van der Waals surface area contributed by atoms with E-state index in [1.807, 2.05) is 54.0 Å². The van der Waals surface area contributed by atoms with Crippen molar-refractivity contribution in [2.45, 2.75) is 19.5 Å². The van der Waals surface area contributed by atoms with Crippen molar-refractivity contribution in [2.75, 3.05) is 61.7 Å². The SMILES string of the molecule is CN(CCc1ccc(CN(C)c2nc(N(C)Cc3cccc4c3OCO4)n[nH]2)c2c1OCO2)c1n[nH]c(N)n1. The molecule has 39 heavy (non-hydrogen) atoms. The van der Waals surface area contributed by atoms with Crippen molar-refractivity contribution in [3.63, 3.8) is 0 Å². The van der Waals surface area contributed by atoms with Crippen LogP contribution < -0.4 is 39.4 Å². The first kappa shape index (κ1) is 24.5. The van der Waals surface area contributed by atoms with Crippen LogP contribution in [0.4, 0.5) is 23.8 Å². The van der Waals surface area contributed by atoms with Crippen LogP contribution in [0.15, 0.2) is 30.3 Å². The Morgan fingerprint density at radius 3 is 2.23 bits per heavy atom. The van der Waals surface area contributed by atoms with Crippen LogP contribution in [0.25, 0.3) is 0 Å². The molecule has 0 fully saturated rings. The summed E-state index contributed by atoms with van der Waals surface area (Å²) in [6.45, 7) is 2.24. The number of nitrogen functional groups attached to an aromatic ring is 1. The van der Waals surface area contributed by atoms with E-state index in [-0.39, 0.29) is 19.5 Å². The summed E-state index contributed by atoms with van der Waals surface area (Å²) in [5.74, 6) is 5.09. The molecule has 0 spiro atoms. The molecule has 2 aliphatic rings. The maximum Gasteiger partial charge on any atom is 0.246 e. The number of rotatable bonds is 10. The molecule has 2 aromatic carbocycles. The number of fused-ring (bicyclic) bond motifs is 2. The summed E-state index contributed by atoms with van der Waals surface area (Å²) in [6, 6.07) is 10.00. The molecule has 0 atom stereocenters. The second-order valence-corrected chi connectivity index (χ2v) is 9.46. The van der Waals surface area contributed by atoms with E-state index < -0.39 is 0 Å². The molecule has 2 aliphatic heterocycles. The van der Waals surface area contributed by atoms with E-state index in [1.54, 1.807) is 0 Å². The van der Waals surface area contributed by atoms with Crippen LogP contribution in [-0.2, 0) is 19.5 Å². The topological polar surface area (TPSA) is 156 Å². The minimum Gasteiger partial charge on any atom is -0.454 e. The molecule has 0 saturated heterocycles. The third-order valence-corrected chi connectivity index (χ3v) is 6.69. The number of aromatic nitrogens is 6. The van der Waals surface area contributed by atoms with Gasteiger partial charge in [-0.1, -0.05) is 24.3 Å². The number of likely N-dealkylation sites (N-methyl/N-ethyl adjacent to an activating group) is 1. The fourth-order valence-corrected chi connectivity index (χ4v) is 4.61. The second-order valence-electron chi connectivity index (χ2n) is 9.46. The highest BCUT2D eigenvalue weighted by Crippen LogP contribution is 2.40. The fourth-order valence-electron chi connectivity index (χ4n) is 4.61. The van der Waals surface area contributed by atoms with Gasteiger partial charge in [0.1, 0.15) is 0 Å². The van der Waals surface area contributed by atoms with Crippen molar-refractivity contribution in [1.82, 2.24) is 30.4 Å². The number of aromatic amines is 2. The number of benzene rings is 2. The largest absolute Gasteiger partial charge is 0.454 e. The van der Waals surface area contributed by atoms with E-state index in [1.165, 1.54) is 0 Å². The van der Waals surface area contributed by atoms with Crippen molar-refractivity contribution >= 4 is 23.8 Å². The van der Waals surface area contributed by atoms with Crippen LogP contribution in [0.5, 0.6) is 23.0 Å². The predicted molar refractivity (Wildman–Crippen MR) is 143 cm³/mol. The Morgan fingerprint density at radius 2 is 1.41 bits per heavy atom. The number of nitrogens with two attached hydrogens (primary N) is 1. The molecule has 0 unspecified atom stereocenters.